The van der Waals surface area contributed by atoms with Gasteiger partial charge in [-0.3, -0.25) is 4.68 Å². The van der Waals surface area contributed by atoms with Gasteiger partial charge in [0.2, 0.25) is 0 Å². The Kier molecular flexibility index (Phi) is 4.90. The third kappa shape index (κ3) is 3.06. The second-order valence-electron chi connectivity index (χ2n) is 4.93. The van der Waals surface area contributed by atoms with Gasteiger partial charge in [0.15, 0.2) is 5.75 Å². The predicted octanol–water partition coefficient (Wildman–Crippen LogP) is 3.33. The number of methoxy groups -OCH3 is 2. The molecule has 1 unspecified atom stereocenters. The van der Waals surface area contributed by atoms with E-state index in [1.807, 2.05) is 32.0 Å². The second-order valence-corrected chi connectivity index (χ2v) is 5.84. The van der Waals surface area contributed by atoms with Gasteiger partial charge in [-0.2, -0.15) is 5.10 Å². The first kappa shape index (κ1) is 15.9. The molecule has 0 bridgehead atoms. The summed E-state index contributed by atoms with van der Waals surface area (Å²) in [6.07, 6.45) is 0.723. The zero-order valence-corrected chi connectivity index (χ0v) is 14.1. The van der Waals surface area contributed by atoms with E-state index in [-0.39, 0.29) is 6.04 Å². The molecule has 2 rings (SSSR count). The number of aromatic nitrogens is 2. The van der Waals surface area contributed by atoms with Crippen molar-refractivity contribution in [2.75, 3.05) is 14.2 Å². The van der Waals surface area contributed by atoms with E-state index in [0.29, 0.717) is 22.8 Å². The molecule has 0 amide bonds. The quantitative estimate of drug-likeness (QED) is 0.894. The molecule has 1 N–H and O–H groups in total. The molecule has 114 valence electrons. The van der Waals surface area contributed by atoms with Crippen LogP contribution in [0.3, 0.4) is 0 Å². The van der Waals surface area contributed by atoms with Gasteiger partial charge in [-0.1, -0.05) is 15.9 Å². The molecule has 1 aromatic carbocycles. The zero-order valence-electron chi connectivity index (χ0n) is 12.5. The van der Waals surface area contributed by atoms with Crippen molar-refractivity contribution in [3.63, 3.8) is 0 Å². The van der Waals surface area contributed by atoms with Crippen LogP contribution in [0.25, 0.3) is 0 Å². The number of hydrogen-bond acceptors (Lipinski definition) is 4. The number of hydrogen-bond donors (Lipinski definition) is 1. The molecule has 0 fully saturated rings. The van der Waals surface area contributed by atoms with Gasteiger partial charge in [0.05, 0.1) is 20.4 Å². The van der Waals surface area contributed by atoms with Crippen LogP contribution in [-0.4, -0.2) is 29.1 Å². The van der Waals surface area contributed by atoms with E-state index in [9.17, 15) is 5.11 Å². The van der Waals surface area contributed by atoms with Crippen molar-refractivity contribution in [3.05, 3.63) is 40.1 Å². The first-order valence-corrected chi connectivity index (χ1v) is 7.41. The van der Waals surface area contributed by atoms with Gasteiger partial charge in [-0.25, -0.2) is 0 Å². The van der Waals surface area contributed by atoms with Gasteiger partial charge in [-0.05, 0) is 32.0 Å². The maximum Gasteiger partial charge on any atom is 0.163 e. The first-order chi connectivity index (χ1) is 9.99. The summed E-state index contributed by atoms with van der Waals surface area (Å²) in [5.74, 6) is 1.17. The number of rotatable bonds is 5. The van der Waals surface area contributed by atoms with Gasteiger partial charge in [0.25, 0.3) is 0 Å². The molecule has 1 aromatic heterocycles. The molecule has 5 nitrogen and oxygen atoms in total. The molecule has 0 saturated carbocycles. The Hall–Kier alpha value is -1.53. The highest BCUT2D eigenvalue weighted by atomic mass is 79.9. The molecule has 21 heavy (non-hydrogen) atoms. The summed E-state index contributed by atoms with van der Waals surface area (Å²) < 4.78 is 13.3. The Morgan fingerprint density at radius 3 is 2.43 bits per heavy atom. The van der Waals surface area contributed by atoms with Crippen molar-refractivity contribution < 1.29 is 14.6 Å². The number of ether oxygens (including phenoxy) is 2. The third-order valence-corrected chi connectivity index (χ3v) is 3.75. The summed E-state index contributed by atoms with van der Waals surface area (Å²) in [6.45, 7) is 4.00. The van der Waals surface area contributed by atoms with E-state index in [1.54, 1.807) is 25.1 Å². The molecule has 6 heteroatoms. The van der Waals surface area contributed by atoms with Crippen LogP contribution in [0.1, 0.15) is 37.3 Å². The van der Waals surface area contributed by atoms with Gasteiger partial charge in [0, 0.05) is 16.1 Å². The third-order valence-electron chi connectivity index (χ3n) is 3.25. The van der Waals surface area contributed by atoms with Crippen LogP contribution in [-0.2, 0) is 0 Å². The molecule has 0 radical (unpaired) electrons. The molecule has 0 aliphatic heterocycles. The molecular weight excluding hydrogens is 336 g/mol. The molecule has 0 saturated heterocycles. The van der Waals surface area contributed by atoms with Crippen LogP contribution in [0.5, 0.6) is 11.5 Å². The van der Waals surface area contributed by atoms with Crippen molar-refractivity contribution in [1.82, 2.24) is 9.78 Å². The average molecular weight is 355 g/mol. The topological polar surface area (TPSA) is 56.5 Å². The van der Waals surface area contributed by atoms with Crippen molar-refractivity contribution in [1.29, 1.82) is 0 Å². The SMILES string of the molecule is COc1ccc(Br)cc1C(O)c1c(OC)cnn1C(C)C. The predicted molar refractivity (Wildman–Crippen MR) is 83.9 cm³/mol. The Balaban J connectivity index is 2.56. The Labute approximate surface area is 132 Å². The lowest BCUT2D eigenvalue weighted by Crippen LogP contribution is -2.13. The molecule has 1 heterocycles. The Morgan fingerprint density at radius 1 is 1.19 bits per heavy atom. The number of aliphatic hydroxyl groups excluding tert-OH is 1. The lowest BCUT2D eigenvalue weighted by molar-refractivity contribution is 0.195. The van der Waals surface area contributed by atoms with E-state index in [1.165, 1.54) is 0 Å². The highest BCUT2D eigenvalue weighted by Crippen LogP contribution is 2.37. The average Bonchev–Trinajstić information content (AvgIpc) is 2.90. The van der Waals surface area contributed by atoms with E-state index >= 15 is 0 Å². The highest BCUT2D eigenvalue weighted by molar-refractivity contribution is 9.10. The maximum absolute atomic E-state index is 10.8. The van der Waals surface area contributed by atoms with E-state index < -0.39 is 6.10 Å². The molecular formula is C15H19BrN2O3. The number of benzene rings is 1. The normalized spacial score (nSPS) is 12.5. The largest absolute Gasteiger partial charge is 0.496 e. The summed E-state index contributed by atoms with van der Waals surface area (Å²) in [5.41, 5.74) is 1.27. The number of aliphatic hydroxyl groups is 1. The van der Waals surface area contributed by atoms with Gasteiger partial charge in [0.1, 0.15) is 17.5 Å². The lowest BCUT2D eigenvalue weighted by Gasteiger charge is -2.19. The summed E-state index contributed by atoms with van der Waals surface area (Å²) in [5, 5.41) is 15.1. The standard InChI is InChI=1S/C15H19BrN2O3/c1-9(2)18-14(13(21-4)8-17-18)15(19)11-7-10(16)5-6-12(11)20-3/h5-9,15,19H,1-4H3. The van der Waals surface area contributed by atoms with Crippen LogP contribution in [0.2, 0.25) is 0 Å². The van der Waals surface area contributed by atoms with Crippen LogP contribution in [0.15, 0.2) is 28.9 Å². The van der Waals surface area contributed by atoms with E-state index in [2.05, 4.69) is 21.0 Å². The fourth-order valence-electron chi connectivity index (χ4n) is 2.25. The fraction of sp³-hybridized carbons (Fsp3) is 0.400. The summed E-state index contributed by atoms with van der Waals surface area (Å²) in [7, 11) is 3.15. The van der Waals surface area contributed by atoms with Crippen LogP contribution in [0, 0.1) is 0 Å². The monoisotopic (exact) mass is 354 g/mol. The van der Waals surface area contributed by atoms with E-state index in [0.717, 1.165) is 4.47 Å². The fourth-order valence-corrected chi connectivity index (χ4v) is 2.63. The highest BCUT2D eigenvalue weighted by Gasteiger charge is 2.25. The summed E-state index contributed by atoms with van der Waals surface area (Å²) >= 11 is 3.42. The molecule has 1 atom stereocenters. The first-order valence-electron chi connectivity index (χ1n) is 6.62. The van der Waals surface area contributed by atoms with Crippen molar-refractivity contribution in [2.45, 2.75) is 26.0 Å². The van der Waals surface area contributed by atoms with Gasteiger partial charge >= 0.3 is 0 Å². The minimum Gasteiger partial charge on any atom is -0.496 e. The minimum absolute atomic E-state index is 0.108. The van der Waals surface area contributed by atoms with Crippen LogP contribution in [0.4, 0.5) is 0 Å². The van der Waals surface area contributed by atoms with Gasteiger partial charge < -0.3 is 14.6 Å². The van der Waals surface area contributed by atoms with Crippen molar-refractivity contribution in [3.8, 4) is 11.5 Å². The zero-order chi connectivity index (χ0) is 15.6. The maximum atomic E-state index is 10.8. The molecule has 0 aliphatic carbocycles. The van der Waals surface area contributed by atoms with Crippen LogP contribution < -0.4 is 9.47 Å². The van der Waals surface area contributed by atoms with E-state index in [4.69, 9.17) is 9.47 Å². The number of nitrogens with zero attached hydrogens (tertiary/aromatic N) is 2. The van der Waals surface area contributed by atoms with Crippen LogP contribution >= 0.6 is 15.9 Å². The van der Waals surface area contributed by atoms with Crippen molar-refractivity contribution in [2.24, 2.45) is 0 Å². The molecule has 2 aromatic rings. The lowest BCUT2D eigenvalue weighted by atomic mass is 10.0. The molecule has 0 aliphatic rings. The summed E-state index contributed by atoms with van der Waals surface area (Å²) in [6, 6.07) is 5.62. The Bertz CT molecular complexity index is 625. The second kappa shape index (κ2) is 6.49. The van der Waals surface area contributed by atoms with Crippen molar-refractivity contribution >= 4 is 15.9 Å². The van der Waals surface area contributed by atoms with Gasteiger partial charge in [-0.15, -0.1) is 0 Å². The Morgan fingerprint density at radius 2 is 1.86 bits per heavy atom. The smallest absolute Gasteiger partial charge is 0.163 e. The summed E-state index contributed by atoms with van der Waals surface area (Å²) in [4.78, 5) is 0. The molecule has 0 spiro atoms. The number of halogens is 1. The minimum atomic E-state index is -0.891.